The molecule has 1 N–H and O–H groups in total. The summed E-state index contributed by atoms with van der Waals surface area (Å²) in [5, 5.41) is 10.1. The number of aliphatic hydroxyl groups excluding tert-OH is 1. The van der Waals surface area contributed by atoms with Gasteiger partial charge in [0, 0.05) is 24.7 Å². The molecule has 1 unspecified atom stereocenters. The molecule has 1 aromatic carbocycles. The van der Waals surface area contributed by atoms with Crippen LogP contribution in [0.25, 0.3) is 6.08 Å². The second-order valence-corrected chi connectivity index (χ2v) is 9.59. The molecular formula is C31H42O3. The van der Waals surface area contributed by atoms with E-state index >= 15 is 0 Å². The van der Waals surface area contributed by atoms with Crippen LogP contribution in [0.3, 0.4) is 0 Å². The maximum absolute atomic E-state index is 13.0. The van der Waals surface area contributed by atoms with Crippen LogP contribution < -0.4 is 0 Å². The number of aryl methyl sites for hydroxylation is 1. The summed E-state index contributed by atoms with van der Waals surface area (Å²) in [5.74, 6) is 0.559. The van der Waals surface area contributed by atoms with Crippen LogP contribution in [0.5, 0.6) is 0 Å². The predicted octanol–water partition coefficient (Wildman–Crippen LogP) is 8.21. The van der Waals surface area contributed by atoms with Crippen molar-refractivity contribution in [2.45, 2.75) is 86.0 Å². The number of benzene rings is 1. The lowest BCUT2D eigenvalue weighted by molar-refractivity contribution is -0.119. The van der Waals surface area contributed by atoms with E-state index in [0.29, 0.717) is 31.3 Å². The highest BCUT2D eigenvalue weighted by atomic mass is 16.3. The van der Waals surface area contributed by atoms with Gasteiger partial charge in [0.05, 0.1) is 11.5 Å². The van der Waals surface area contributed by atoms with E-state index in [1.54, 1.807) is 0 Å². The molecule has 1 saturated carbocycles. The van der Waals surface area contributed by atoms with E-state index in [-0.39, 0.29) is 34.6 Å². The van der Waals surface area contributed by atoms with Crippen LogP contribution in [-0.4, -0.2) is 16.7 Å². The number of hydrogen-bond donors (Lipinski definition) is 1. The standard InChI is InChI=1S/C26H28O3.C3H8.C2H6/c1-4-18-8-9-19(12-16(18)2)25-24(29)15-20-13-17(10-11-26(20,25)3)14-21-22(27)6-5-7-23(21)28;1-3-2;1-2/h4,8-12,14,20,25,27H,1,5-7,13,15H2,2-3H3;3H2,1-2H3;1-2H3/b17-14-;;/t20?,25-,26-;;/m0../s1. The first-order chi connectivity index (χ1) is 16.2. The Kier molecular flexibility index (Phi) is 9.85. The zero-order valence-corrected chi connectivity index (χ0v) is 21.9. The summed E-state index contributed by atoms with van der Waals surface area (Å²) in [7, 11) is 0. The summed E-state index contributed by atoms with van der Waals surface area (Å²) < 4.78 is 0. The first-order valence-electron chi connectivity index (χ1n) is 12.9. The van der Waals surface area contributed by atoms with Gasteiger partial charge in [-0.15, -0.1) is 0 Å². The molecule has 3 heteroatoms. The van der Waals surface area contributed by atoms with Crippen molar-refractivity contribution in [3.8, 4) is 0 Å². The lowest BCUT2D eigenvalue weighted by Gasteiger charge is -2.37. The van der Waals surface area contributed by atoms with Crippen molar-refractivity contribution < 1.29 is 14.7 Å². The Morgan fingerprint density at radius 1 is 1.15 bits per heavy atom. The monoisotopic (exact) mass is 462 g/mol. The third-order valence-electron chi connectivity index (χ3n) is 7.02. The van der Waals surface area contributed by atoms with Crippen LogP contribution in [0.15, 0.2) is 59.9 Å². The molecule has 3 atom stereocenters. The predicted molar refractivity (Wildman–Crippen MR) is 143 cm³/mol. The van der Waals surface area contributed by atoms with E-state index < -0.39 is 0 Å². The van der Waals surface area contributed by atoms with E-state index in [4.69, 9.17) is 0 Å². The summed E-state index contributed by atoms with van der Waals surface area (Å²) in [5.41, 5.74) is 4.55. The third kappa shape index (κ3) is 5.68. The van der Waals surface area contributed by atoms with Gasteiger partial charge in [-0.05, 0) is 54.0 Å². The van der Waals surface area contributed by atoms with Crippen molar-refractivity contribution in [1.29, 1.82) is 0 Å². The van der Waals surface area contributed by atoms with Crippen LogP contribution >= 0.6 is 0 Å². The van der Waals surface area contributed by atoms with Gasteiger partial charge < -0.3 is 5.11 Å². The molecule has 3 nitrogen and oxygen atoms in total. The van der Waals surface area contributed by atoms with Gasteiger partial charge in [0.2, 0.25) is 0 Å². The average molecular weight is 463 g/mol. The fourth-order valence-corrected chi connectivity index (χ4v) is 5.28. The molecule has 0 saturated heterocycles. The molecule has 0 spiro atoms. The van der Waals surface area contributed by atoms with Crippen LogP contribution in [0, 0.1) is 18.3 Å². The molecule has 3 aliphatic carbocycles. The fourth-order valence-electron chi connectivity index (χ4n) is 5.28. The van der Waals surface area contributed by atoms with Gasteiger partial charge in [-0.2, -0.15) is 0 Å². The number of rotatable bonds is 3. The minimum Gasteiger partial charge on any atom is -0.512 e. The van der Waals surface area contributed by atoms with Crippen molar-refractivity contribution in [3.63, 3.8) is 0 Å². The Bertz CT molecular complexity index is 1010. The van der Waals surface area contributed by atoms with E-state index in [0.717, 1.165) is 28.7 Å². The minimum absolute atomic E-state index is 0.0149. The van der Waals surface area contributed by atoms with E-state index in [1.165, 1.54) is 6.42 Å². The normalized spacial score (nSPS) is 26.9. The number of hydrogen-bond acceptors (Lipinski definition) is 3. The molecule has 0 aliphatic heterocycles. The zero-order chi connectivity index (χ0) is 25.5. The molecule has 0 heterocycles. The molecule has 1 aromatic rings. The average Bonchev–Trinajstić information content (AvgIpc) is 3.07. The number of Topliss-reactive ketones (excluding diaryl/α,β-unsaturated/α-hetero) is 2. The van der Waals surface area contributed by atoms with Crippen molar-refractivity contribution in [2.75, 3.05) is 0 Å². The minimum atomic E-state index is -0.233. The lowest BCUT2D eigenvalue weighted by Crippen LogP contribution is -2.29. The molecule has 0 aromatic heterocycles. The van der Waals surface area contributed by atoms with Crippen molar-refractivity contribution in [3.05, 3.63) is 76.6 Å². The number of aliphatic hydroxyl groups is 1. The Balaban J connectivity index is 0.000000758. The molecular weight excluding hydrogens is 420 g/mol. The summed E-state index contributed by atoms with van der Waals surface area (Å²) in [4.78, 5) is 25.2. The number of ketones is 2. The van der Waals surface area contributed by atoms with E-state index in [2.05, 4.69) is 58.6 Å². The molecule has 184 valence electrons. The summed E-state index contributed by atoms with van der Waals surface area (Å²) in [6, 6.07) is 6.22. The topological polar surface area (TPSA) is 54.4 Å². The second kappa shape index (κ2) is 12.1. The van der Waals surface area contributed by atoms with Gasteiger partial charge in [-0.1, -0.05) is 84.0 Å². The van der Waals surface area contributed by atoms with Crippen molar-refractivity contribution in [1.82, 2.24) is 0 Å². The molecule has 1 fully saturated rings. The summed E-state index contributed by atoms with van der Waals surface area (Å²) in [6.07, 6.45) is 12.2. The summed E-state index contributed by atoms with van der Waals surface area (Å²) in [6.45, 7) is 16.3. The van der Waals surface area contributed by atoms with Gasteiger partial charge in [0.25, 0.3) is 0 Å². The van der Waals surface area contributed by atoms with Crippen LogP contribution in [0.4, 0.5) is 0 Å². The Hall–Kier alpha value is -2.68. The van der Waals surface area contributed by atoms with Crippen LogP contribution in [0.1, 0.15) is 95.8 Å². The molecule has 0 bridgehead atoms. The molecule has 3 aliphatic rings. The highest BCUT2D eigenvalue weighted by Gasteiger charge is 2.51. The van der Waals surface area contributed by atoms with Gasteiger partial charge in [-0.25, -0.2) is 0 Å². The highest BCUT2D eigenvalue weighted by Crippen LogP contribution is 2.56. The third-order valence-corrected chi connectivity index (χ3v) is 7.02. The first kappa shape index (κ1) is 27.6. The second-order valence-electron chi connectivity index (χ2n) is 9.59. The maximum atomic E-state index is 13.0. The maximum Gasteiger partial charge on any atom is 0.166 e. The largest absolute Gasteiger partial charge is 0.512 e. The number of carbonyl (C=O) groups is 2. The zero-order valence-electron chi connectivity index (χ0n) is 21.9. The number of fused-ring (bicyclic) bond motifs is 1. The fraction of sp³-hybridized carbons (Fsp3) is 0.484. The first-order valence-corrected chi connectivity index (χ1v) is 12.9. The van der Waals surface area contributed by atoms with Crippen LogP contribution in [0.2, 0.25) is 0 Å². The molecule has 4 rings (SSSR count). The van der Waals surface area contributed by atoms with E-state index in [9.17, 15) is 14.7 Å². The SMILES string of the molecule is C=Cc1ccc([C@H]2C(=O)CC3C/C(=C\C4=C(O)CCCC4=O)C=C[C@@]32C)cc1C.CC.CCC. The van der Waals surface area contributed by atoms with E-state index in [1.807, 2.05) is 32.1 Å². The van der Waals surface area contributed by atoms with Crippen LogP contribution in [-0.2, 0) is 9.59 Å². The molecule has 0 amide bonds. The molecule has 34 heavy (non-hydrogen) atoms. The highest BCUT2D eigenvalue weighted by molar-refractivity contribution is 5.99. The van der Waals surface area contributed by atoms with Gasteiger partial charge in [-0.3, -0.25) is 9.59 Å². The Morgan fingerprint density at radius 3 is 2.41 bits per heavy atom. The van der Waals surface area contributed by atoms with Crippen molar-refractivity contribution >= 4 is 17.6 Å². The van der Waals surface area contributed by atoms with Gasteiger partial charge in [0.1, 0.15) is 11.5 Å². The Labute approximate surface area is 206 Å². The number of carbonyl (C=O) groups excluding carboxylic acids is 2. The van der Waals surface area contributed by atoms with Crippen molar-refractivity contribution in [2.24, 2.45) is 11.3 Å². The smallest absolute Gasteiger partial charge is 0.166 e. The summed E-state index contributed by atoms with van der Waals surface area (Å²) >= 11 is 0. The number of allylic oxidation sites excluding steroid dienone is 6. The Morgan fingerprint density at radius 2 is 1.82 bits per heavy atom. The van der Waals surface area contributed by atoms with Gasteiger partial charge >= 0.3 is 0 Å². The molecule has 0 radical (unpaired) electrons. The quantitative estimate of drug-likeness (QED) is 0.492. The van der Waals surface area contributed by atoms with Gasteiger partial charge in [0.15, 0.2) is 5.78 Å². The lowest BCUT2D eigenvalue weighted by atomic mass is 9.66.